The van der Waals surface area contributed by atoms with Gasteiger partial charge in [-0.3, -0.25) is 0 Å². The molecule has 0 amide bonds. The van der Waals surface area contributed by atoms with Gasteiger partial charge in [-0.1, -0.05) is 0 Å². The summed E-state index contributed by atoms with van der Waals surface area (Å²) >= 11 is 0. The SMILES string of the molecule is CCOc1ccc(S(=O)(=O)N2CCN(c3ccc(F)cc3)CC2)cc1C#N. The van der Waals surface area contributed by atoms with Gasteiger partial charge in [0, 0.05) is 31.9 Å². The van der Waals surface area contributed by atoms with E-state index >= 15 is 0 Å². The number of anilines is 1. The average molecular weight is 389 g/mol. The second-order valence-corrected chi connectivity index (χ2v) is 8.01. The summed E-state index contributed by atoms with van der Waals surface area (Å²) in [5.41, 5.74) is 1.06. The number of benzene rings is 2. The quantitative estimate of drug-likeness (QED) is 0.786. The number of hydrogen-bond donors (Lipinski definition) is 0. The third kappa shape index (κ3) is 4.04. The molecule has 142 valence electrons. The fourth-order valence-electron chi connectivity index (χ4n) is 3.03. The van der Waals surface area contributed by atoms with Crippen molar-refractivity contribution in [3.63, 3.8) is 0 Å². The third-order valence-corrected chi connectivity index (χ3v) is 6.33. The summed E-state index contributed by atoms with van der Waals surface area (Å²) in [6, 6.07) is 12.5. The van der Waals surface area contributed by atoms with Gasteiger partial charge in [-0.25, -0.2) is 12.8 Å². The van der Waals surface area contributed by atoms with E-state index in [2.05, 4.69) is 0 Å². The Labute approximate surface area is 158 Å². The van der Waals surface area contributed by atoms with E-state index in [-0.39, 0.29) is 16.3 Å². The number of nitriles is 1. The second-order valence-electron chi connectivity index (χ2n) is 6.07. The lowest BCUT2D eigenvalue weighted by Crippen LogP contribution is -2.48. The molecule has 0 aromatic heterocycles. The lowest BCUT2D eigenvalue weighted by atomic mass is 10.2. The van der Waals surface area contributed by atoms with Crippen LogP contribution in [0.25, 0.3) is 0 Å². The molecular weight excluding hydrogens is 369 g/mol. The Morgan fingerprint density at radius 2 is 1.78 bits per heavy atom. The number of sulfonamides is 1. The number of hydrogen-bond acceptors (Lipinski definition) is 5. The summed E-state index contributed by atoms with van der Waals surface area (Å²) in [6.07, 6.45) is 0. The van der Waals surface area contributed by atoms with Crippen LogP contribution in [0.2, 0.25) is 0 Å². The molecule has 8 heteroatoms. The molecule has 0 saturated carbocycles. The van der Waals surface area contributed by atoms with Crippen molar-refractivity contribution in [2.45, 2.75) is 11.8 Å². The van der Waals surface area contributed by atoms with Crippen LogP contribution >= 0.6 is 0 Å². The van der Waals surface area contributed by atoms with Crippen LogP contribution in [0.15, 0.2) is 47.4 Å². The first kappa shape index (κ1) is 19.1. The zero-order valence-corrected chi connectivity index (χ0v) is 15.7. The minimum Gasteiger partial charge on any atom is -0.492 e. The zero-order valence-electron chi connectivity index (χ0n) is 14.9. The largest absolute Gasteiger partial charge is 0.492 e. The van der Waals surface area contributed by atoms with Crippen LogP contribution < -0.4 is 9.64 Å². The van der Waals surface area contributed by atoms with Gasteiger partial charge in [0.25, 0.3) is 0 Å². The molecule has 3 rings (SSSR count). The number of ether oxygens (including phenoxy) is 1. The highest BCUT2D eigenvalue weighted by Gasteiger charge is 2.29. The maximum atomic E-state index is 13.1. The molecule has 1 aliphatic rings. The molecule has 1 aliphatic heterocycles. The van der Waals surface area contributed by atoms with Crippen molar-refractivity contribution in [2.24, 2.45) is 0 Å². The van der Waals surface area contributed by atoms with Crippen LogP contribution in [0, 0.1) is 17.1 Å². The Hall–Kier alpha value is -2.63. The Morgan fingerprint density at radius 3 is 2.37 bits per heavy atom. The Morgan fingerprint density at radius 1 is 1.11 bits per heavy atom. The van der Waals surface area contributed by atoms with E-state index in [0.29, 0.717) is 38.5 Å². The first-order valence-corrected chi connectivity index (χ1v) is 10.1. The van der Waals surface area contributed by atoms with Crippen molar-refractivity contribution in [1.82, 2.24) is 4.31 Å². The van der Waals surface area contributed by atoms with E-state index in [1.54, 1.807) is 19.1 Å². The van der Waals surface area contributed by atoms with Crippen LogP contribution in [0.5, 0.6) is 5.75 Å². The highest BCUT2D eigenvalue weighted by molar-refractivity contribution is 7.89. The molecule has 1 fully saturated rings. The van der Waals surface area contributed by atoms with E-state index in [4.69, 9.17) is 4.74 Å². The molecule has 2 aromatic rings. The van der Waals surface area contributed by atoms with E-state index in [0.717, 1.165) is 5.69 Å². The lowest BCUT2D eigenvalue weighted by Gasteiger charge is -2.35. The van der Waals surface area contributed by atoms with E-state index in [1.807, 2.05) is 11.0 Å². The monoisotopic (exact) mass is 389 g/mol. The van der Waals surface area contributed by atoms with Gasteiger partial charge in [0.1, 0.15) is 17.6 Å². The predicted molar refractivity (Wildman–Crippen MR) is 99.7 cm³/mol. The van der Waals surface area contributed by atoms with Crippen LogP contribution in [-0.4, -0.2) is 45.5 Å². The molecule has 0 atom stereocenters. The van der Waals surface area contributed by atoms with E-state index in [9.17, 15) is 18.1 Å². The number of rotatable bonds is 5. The van der Waals surface area contributed by atoms with Crippen LogP contribution in [0.1, 0.15) is 12.5 Å². The Kier molecular flexibility index (Phi) is 5.63. The fourth-order valence-corrected chi connectivity index (χ4v) is 4.47. The third-order valence-electron chi connectivity index (χ3n) is 4.44. The first-order chi connectivity index (χ1) is 13.0. The summed E-state index contributed by atoms with van der Waals surface area (Å²) in [5.74, 6) is 0.0730. The van der Waals surface area contributed by atoms with Gasteiger partial charge in [-0.2, -0.15) is 9.57 Å². The molecule has 6 nitrogen and oxygen atoms in total. The minimum atomic E-state index is -3.70. The molecule has 1 saturated heterocycles. The molecule has 1 heterocycles. The van der Waals surface area contributed by atoms with Crippen molar-refractivity contribution in [2.75, 3.05) is 37.7 Å². The van der Waals surface area contributed by atoms with Gasteiger partial charge in [0.15, 0.2) is 0 Å². The normalized spacial score (nSPS) is 15.4. The van der Waals surface area contributed by atoms with E-state index in [1.165, 1.54) is 34.6 Å². The van der Waals surface area contributed by atoms with Gasteiger partial charge < -0.3 is 9.64 Å². The van der Waals surface area contributed by atoms with Gasteiger partial charge >= 0.3 is 0 Å². The average Bonchev–Trinajstić information content (AvgIpc) is 2.69. The van der Waals surface area contributed by atoms with Crippen molar-refractivity contribution in [1.29, 1.82) is 5.26 Å². The van der Waals surface area contributed by atoms with Crippen LogP contribution in [0.3, 0.4) is 0 Å². The van der Waals surface area contributed by atoms with Gasteiger partial charge in [0.2, 0.25) is 10.0 Å². The summed E-state index contributed by atoms with van der Waals surface area (Å²) in [6.45, 7) is 3.84. The minimum absolute atomic E-state index is 0.0812. The zero-order chi connectivity index (χ0) is 19.4. The standard InChI is InChI=1S/C19H20FN3O3S/c1-2-26-19-8-7-18(13-15(19)14-21)27(24,25)23-11-9-22(10-12-23)17-5-3-16(20)4-6-17/h3-8,13H,2,9-12H2,1H3. The van der Waals surface area contributed by atoms with Crippen molar-refractivity contribution in [3.05, 3.63) is 53.8 Å². The second kappa shape index (κ2) is 7.94. The smallest absolute Gasteiger partial charge is 0.243 e. The highest BCUT2D eigenvalue weighted by Crippen LogP contribution is 2.26. The first-order valence-electron chi connectivity index (χ1n) is 8.63. The summed E-state index contributed by atoms with van der Waals surface area (Å²) in [7, 11) is -3.70. The molecule has 0 unspecified atom stereocenters. The van der Waals surface area contributed by atoms with Crippen molar-refractivity contribution in [3.8, 4) is 11.8 Å². The number of halogens is 1. The predicted octanol–water partition coefficient (Wildman–Crippen LogP) is 2.61. The number of piperazine rings is 1. The molecule has 27 heavy (non-hydrogen) atoms. The molecule has 0 bridgehead atoms. The van der Waals surface area contributed by atoms with Crippen LogP contribution in [0.4, 0.5) is 10.1 Å². The maximum Gasteiger partial charge on any atom is 0.243 e. The molecule has 0 aliphatic carbocycles. The fraction of sp³-hybridized carbons (Fsp3) is 0.316. The molecule has 2 aromatic carbocycles. The van der Waals surface area contributed by atoms with Crippen molar-refractivity contribution >= 4 is 15.7 Å². The van der Waals surface area contributed by atoms with Crippen LogP contribution in [-0.2, 0) is 10.0 Å². The molecule has 0 radical (unpaired) electrons. The van der Waals surface area contributed by atoms with Gasteiger partial charge in [-0.05, 0) is 49.4 Å². The lowest BCUT2D eigenvalue weighted by molar-refractivity contribution is 0.339. The maximum absolute atomic E-state index is 13.1. The summed E-state index contributed by atoms with van der Waals surface area (Å²) in [4.78, 5) is 2.10. The highest BCUT2D eigenvalue weighted by atomic mass is 32.2. The molecule has 0 N–H and O–H groups in total. The summed E-state index contributed by atoms with van der Waals surface area (Å²) in [5, 5.41) is 9.25. The van der Waals surface area contributed by atoms with Crippen molar-refractivity contribution < 1.29 is 17.5 Å². The summed E-state index contributed by atoms with van der Waals surface area (Å²) < 4.78 is 45.7. The molecule has 0 spiro atoms. The van der Waals surface area contributed by atoms with Gasteiger partial charge in [0.05, 0.1) is 17.1 Å². The van der Waals surface area contributed by atoms with E-state index < -0.39 is 10.0 Å². The molecular formula is C19H20FN3O3S. The Bertz CT molecular complexity index is 947. The topological polar surface area (TPSA) is 73.6 Å². The van der Waals surface area contributed by atoms with Gasteiger partial charge in [-0.15, -0.1) is 0 Å². The Balaban J connectivity index is 1.75. The number of nitrogens with zero attached hydrogens (tertiary/aromatic N) is 3.